The predicted octanol–water partition coefficient (Wildman–Crippen LogP) is 3.14. The van der Waals surface area contributed by atoms with Gasteiger partial charge in [-0.3, -0.25) is 4.79 Å². The van der Waals surface area contributed by atoms with E-state index in [0.717, 1.165) is 5.56 Å². The Morgan fingerprint density at radius 2 is 1.78 bits per heavy atom. The van der Waals surface area contributed by atoms with Crippen molar-refractivity contribution in [2.45, 2.75) is 13.0 Å². The first kappa shape index (κ1) is 20.0. The van der Waals surface area contributed by atoms with Crippen LogP contribution in [-0.2, 0) is 14.3 Å². The largest absolute Gasteiger partial charge is 0.493 e. The molecule has 0 heterocycles. The monoisotopic (exact) mass is 369 g/mol. The number of hydrogen-bond donors (Lipinski definition) is 1. The molecule has 0 saturated heterocycles. The standard InChI is InChI=1S/C21H23NO5/c1-15(16-8-5-4-6-9-16)22-19(23)14-27-20(24)13-12-17-10-7-11-18(25-2)21(17)26-3/h4-13,15H,14H2,1-3H3,(H,22,23)/b13-12+/t15-/m1/s1. The van der Waals surface area contributed by atoms with E-state index in [1.807, 2.05) is 37.3 Å². The number of esters is 1. The van der Waals surface area contributed by atoms with Crippen LogP contribution in [0, 0.1) is 0 Å². The molecule has 1 amide bonds. The molecule has 0 aliphatic carbocycles. The topological polar surface area (TPSA) is 73.9 Å². The number of nitrogens with one attached hydrogen (secondary N) is 1. The van der Waals surface area contributed by atoms with Gasteiger partial charge in [-0.05, 0) is 24.6 Å². The summed E-state index contributed by atoms with van der Waals surface area (Å²) < 4.78 is 15.5. The minimum Gasteiger partial charge on any atom is -0.493 e. The fourth-order valence-electron chi connectivity index (χ4n) is 2.49. The molecule has 1 atom stereocenters. The first-order valence-electron chi connectivity index (χ1n) is 8.45. The Morgan fingerprint density at radius 3 is 2.44 bits per heavy atom. The molecule has 0 aliphatic heterocycles. The van der Waals surface area contributed by atoms with Crippen LogP contribution in [0.3, 0.4) is 0 Å². The van der Waals surface area contributed by atoms with Crippen molar-refractivity contribution >= 4 is 18.0 Å². The third-order valence-corrected chi connectivity index (χ3v) is 3.85. The van der Waals surface area contributed by atoms with E-state index < -0.39 is 5.97 Å². The zero-order valence-corrected chi connectivity index (χ0v) is 15.6. The van der Waals surface area contributed by atoms with Gasteiger partial charge in [-0.1, -0.05) is 42.5 Å². The number of rotatable bonds is 8. The van der Waals surface area contributed by atoms with Crippen molar-refractivity contribution < 1.29 is 23.8 Å². The number of carbonyl (C=O) groups is 2. The molecule has 0 aromatic heterocycles. The zero-order valence-electron chi connectivity index (χ0n) is 15.6. The number of benzene rings is 2. The fraction of sp³-hybridized carbons (Fsp3) is 0.238. The highest BCUT2D eigenvalue weighted by Gasteiger charge is 2.11. The molecule has 2 rings (SSSR count). The average Bonchev–Trinajstić information content (AvgIpc) is 2.70. The number of amides is 1. The molecule has 2 aromatic carbocycles. The molecule has 0 saturated carbocycles. The van der Waals surface area contributed by atoms with Crippen LogP contribution in [0.15, 0.2) is 54.6 Å². The summed E-state index contributed by atoms with van der Waals surface area (Å²) in [5.74, 6) is 0.0789. The second-order valence-electron chi connectivity index (χ2n) is 5.72. The highest BCUT2D eigenvalue weighted by molar-refractivity contribution is 5.90. The summed E-state index contributed by atoms with van der Waals surface area (Å²) in [6, 6.07) is 14.7. The maximum absolute atomic E-state index is 11.9. The van der Waals surface area contributed by atoms with Crippen LogP contribution >= 0.6 is 0 Å². The zero-order chi connectivity index (χ0) is 19.6. The molecule has 0 fully saturated rings. The van der Waals surface area contributed by atoms with Crippen LogP contribution in [-0.4, -0.2) is 32.7 Å². The molecule has 0 aliphatic rings. The van der Waals surface area contributed by atoms with E-state index in [4.69, 9.17) is 14.2 Å². The highest BCUT2D eigenvalue weighted by Crippen LogP contribution is 2.31. The maximum Gasteiger partial charge on any atom is 0.331 e. The van der Waals surface area contributed by atoms with E-state index in [9.17, 15) is 9.59 Å². The molecule has 27 heavy (non-hydrogen) atoms. The Bertz CT molecular complexity index is 801. The van der Waals surface area contributed by atoms with E-state index in [0.29, 0.717) is 17.1 Å². The molecule has 0 unspecified atom stereocenters. The third-order valence-electron chi connectivity index (χ3n) is 3.85. The molecular formula is C21H23NO5. The van der Waals surface area contributed by atoms with Crippen molar-refractivity contribution in [2.75, 3.05) is 20.8 Å². The van der Waals surface area contributed by atoms with Crippen LogP contribution in [0.25, 0.3) is 6.08 Å². The second kappa shape index (κ2) is 10.0. The van der Waals surface area contributed by atoms with Crippen molar-refractivity contribution in [1.82, 2.24) is 5.32 Å². The lowest BCUT2D eigenvalue weighted by Crippen LogP contribution is -2.30. The van der Waals surface area contributed by atoms with Crippen molar-refractivity contribution in [1.29, 1.82) is 0 Å². The third kappa shape index (κ3) is 5.88. The molecule has 2 aromatic rings. The van der Waals surface area contributed by atoms with Gasteiger partial charge in [0.1, 0.15) is 0 Å². The Hall–Kier alpha value is -3.28. The van der Waals surface area contributed by atoms with Crippen LogP contribution in [0.2, 0.25) is 0 Å². The van der Waals surface area contributed by atoms with Gasteiger partial charge in [0.05, 0.1) is 20.3 Å². The van der Waals surface area contributed by atoms with Gasteiger partial charge in [-0.15, -0.1) is 0 Å². The second-order valence-corrected chi connectivity index (χ2v) is 5.72. The first-order valence-corrected chi connectivity index (χ1v) is 8.45. The van der Waals surface area contributed by atoms with Crippen molar-refractivity contribution in [2.24, 2.45) is 0 Å². The summed E-state index contributed by atoms with van der Waals surface area (Å²) in [5, 5.41) is 2.78. The summed E-state index contributed by atoms with van der Waals surface area (Å²) in [6.07, 6.45) is 2.79. The summed E-state index contributed by atoms with van der Waals surface area (Å²) in [6.45, 7) is 1.51. The Balaban J connectivity index is 1.87. The quantitative estimate of drug-likeness (QED) is 0.572. The Kier molecular flexibility index (Phi) is 7.43. The van der Waals surface area contributed by atoms with E-state index in [1.165, 1.54) is 20.3 Å². The summed E-state index contributed by atoms with van der Waals surface area (Å²) >= 11 is 0. The van der Waals surface area contributed by atoms with Gasteiger partial charge in [0.15, 0.2) is 18.1 Å². The fourth-order valence-corrected chi connectivity index (χ4v) is 2.49. The van der Waals surface area contributed by atoms with Gasteiger partial charge >= 0.3 is 5.97 Å². The molecule has 6 nitrogen and oxygen atoms in total. The minimum atomic E-state index is -0.623. The molecule has 0 radical (unpaired) electrons. The van der Waals surface area contributed by atoms with E-state index >= 15 is 0 Å². The summed E-state index contributed by atoms with van der Waals surface area (Å²) in [5.41, 5.74) is 1.64. The lowest BCUT2D eigenvalue weighted by atomic mass is 10.1. The van der Waals surface area contributed by atoms with Gasteiger partial charge in [0.25, 0.3) is 5.91 Å². The number of carbonyl (C=O) groups excluding carboxylic acids is 2. The van der Waals surface area contributed by atoms with Crippen LogP contribution in [0.5, 0.6) is 11.5 Å². The summed E-state index contributed by atoms with van der Waals surface area (Å²) in [7, 11) is 3.06. The van der Waals surface area contributed by atoms with Crippen LogP contribution in [0.4, 0.5) is 0 Å². The lowest BCUT2D eigenvalue weighted by Gasteiger charge is -2.14. The van der Waals surface area contributed by atoms with Gasteiger partial charge in [-0.25, -0.2) is 4.79 Å². The van der Waals surface area contributed by atoms with Gasteiger partial charge in [0.2, 0.25) is 0 Å². The van der Waals surface area contributed by atoms with E-state index in [-0.39, 0.29) is 18.6 Å². The molecule has 0 spiro atoms. The first-order chi connectivity index (χ1) is 13.0. The number of para-hydroxylation sites is 1. The lowest BCUT2D eigenvalue weighted by molar-refractivity contribution is -0.144. The van der Waals surface area contributed by atoms with Crippen molar-refractivity contribution in [3.05, 3.63) is 65.7 Å². The molecule has 0 bridgehead atoms. The number of hydrogen-bond acceptors (Lipinski definition) is 5. The predicted molar refractivity (Wildman–Crippen MR) is 103 cm³/mol. The van der Waals surface area contributed by atoms with Crippen LogP contribution in [0.1, 0.15) is 24.1 Å². The van der Waals surface area contributed by atoms with Crippen molar-refractivity contribution in [3.8, 4) is 11.5 Å². The van der Waals surface area contributed by atoms with Gasteiger partial charge in [0, 0.05) is 11.6 Å². The normalized spacial score (nSPS) is 11.7. The van der Waals surface area contributed by atoms with E-state index in [2.05, 4.69) is 5.32 Å². The molecule has 1 N–H and O–H groups in total. The molecular weight excluding hydrogens is 346 g/mol. The Labute approximate surface area is 158 Å². The highest BCUT2D eigenvalue weighted by atomic mass is 16.5. The van der Waals surface area contributed by atoms with Gasteiger partial charge in [-0.2, -0.15) is 0 Å². The average molecular weight is 369 g/mol. The summed E-state index contributed by atoms with van der Waals surface area (Å²) in [4.78, 5) is 23.8. The smallest absolute Gasteiger partial charge is 0.331 e. The SMILES string of the molecule is COc1cccc(/C=C/C(=O)OCC(=O)N[C@H](C)c2ccccc2)c1OC. The molecule has 142 valence electrons. The van der Waals surface area contributed by atoms with Crippen LogP contribution < -0.4 is 14.8 Å². The van der Waals surface area contributed by atoms with E-state index in [1.54, 1.807) is 24.3 Å². The minimum absolute atomic E-state index is 0.172. The molecule has 6 heteroatoms. The van der Waals surface area contributed by atoms with Gasteiger partial charge < -0.3 is 19.5 Å². The number of methoxy groups -OCH3 is 2. The van der Waals surface area contributed by atoms with Crippen molar-refractivity contribution in [3.63, 3.8) is 0 Å². The maximum atomic E-state index is 11.9. The Morgan fingerprint density at radius 1 is 1.04 bits per heavy atom. The number of ether oxygens (including phenoxy) is 3.